The summed E-state index contributed by atoms with van der Waals surface area (Å²) >= 11 is 0. The van der Waals surface area contributed by atoms with Crippen LogP contribution in [0.15, 0.2) is 59.9 Å². The molecule has 0 atom stereocenters. The predicted molar refractivity (Wildman–Crippen MR) is 110 cm³/mol. The van der Waals surface area contributed by atoms with Gasteiger partial charge in [-0.2, -0.15) is 5.10 Å². The van der Waals surface area contributed by atoms with Crippen molar-refractivity contribution < 1.29 is 14.2 Å². The Morgan fingerprint density at radius 2 is 1.21 bits per heavy atom. The first-order valence-corrected chi connectivity index (χ1v) is 9.21. The molecular formula is C23H26N2O3. The summed E-state index contributed by atoms with van der Waals surface area (Å²) in [5.74, 6) is 4.65. The van der Waals surface area contributed by atoms with Crippen molar-refractivity contribution in [2.75, 3.05) is 0 Å². The second-order valence-electron chi connectivity index (χ2n) is 6.94. The minimum Gasteiger partial charge on any atom is -0.462 e. The third kappa shape index (κ3) is 4.55. The molecule has 0 unspecified atom stereocenters. The van der Waals surface area contributed by atoms with Crippen molar-refractivity contribution in [3.63, 3.8) is 0 Å². The van der Waals surface area contributed by atoms with E-state index in [0.717, 1.165) is 51.5 Å². The Morgan fingerprint density at radius 1 is 0.750 bits per heavy atom. The van der Waals surface area contributed by atoms with E-state index in [1.165, 1.54) is 0 Å². The maximum atomic E-state index is 5.96. The van der Waals surface area contributed by atoms with Crippen molar-refractivity contribution in [2.24, 2.45) is 7.05 Å². The first-order valence-electron chi connectivity index (χ1n) is 9.21. The number of hydrogen-bond acceptors (Lipinski definition) is 4. The molecule has 0 fully saturated rings. The summed E-state index contributed by atoms with van der Waals surface area (Å²) in [6, 6.07) is 15.1. The summed E-state index contributed by atoms with van der Waals surface area (Å²) in [6.45, 7) is 9.98. The molecule has 28 heavy (non-hydrogen) atoms. The third-order valence-electron chi connectivity index (χ3n) is 4.53. The van der Waals surface area contributed by atoms with Crippen LogP contribution in [0.3, 0.4) is 0 Å². The highest BCUT2D eigenvalue weighted by Gasteiger charge is 2.11. The minimum absolute atomic E-state index is 0.736. The van der Waals surface area contributed by atoms with E-state index in [1.54, 1.807) is 4.68 Å². The molecule has 0 aliphatic carbocycles. The van der Waals surface area contributed by atoms with Crippen LogP contribution in [0.25, 0.3) is 0 Å². The van der Waals surface area contributed by atoms with Crippen LogP contribution >= 0.6 is 0 Å². The van der Waals surface area contributed by atoms with Gasteiger partial charge in [-0.15, -0.1) is 0 Å². The lowest BCUT2D eigenvalue weighted by Crippen LogP contribution is -1.96. The second-order valence-corrected chi connectivity index (χ2v) is 6.94. The summed E-state index contributed by atoms with van der Waals surface area (Å²) in [6.07, 6.45) is 0. The number of nitrogens with zero attached hydrogens (tertiary/aromatic N) is 2. The largest absolute Gasteiger partial charge is 0.462 e. The zero-order chi connectivity index (χ0) is 20.3. The molecule has 0 spiro atoms. The molecule has 0 amide bonds. The second kappa shape index (κ2) is 8.21. The lowest BCUT2D eigenvalue weighted by molar-refractivity contribution is 0.418. The van der Waals surface area contributed by atoms with Crippen LogP contribution in [0.2, 0.25) is 0 Å². The molecule has 5 nitrogen and oxygen atoms in total. The molecule has 3 rings (SSSR count). The van der Waals surface area contributed by atoms with Crippen molar-refractivity contribution in [1.82, 2.24) is 9.78 Å². The zero-order valence-corrected chi connectivity index (χ0v) is 17.2. The number of aromatic nitrogens is 2. The van der Waals surface area contributed by atoms with Crippen LogP contribution in [-0.2, 0) is 7.05 Å². The van der Waals surface area contributed by atoms with Gasteiger partial charge in [0, 0.05) is 12.6 Å². The van der Waals surface area contributed by atoms with Crippen molar-refractivity contribution in [3.05, 3.63) is 71.1 Å². The van der Waals surface area contributed by atoms with Crippen molar-refractivity contribution in [1.29, 1.82) is 0 Å². The highest BCUT2D eigenvalue weighted by atomic mass is 16.5. The van der Waals surface area contributed by atoms with Gasteiger partial charge >= 0.3 is 0 Å². The normalized spacial score (nSPS) is 10.5. The highest BCUT2D eigenvalue weighted by molar-refractivity contribution is 5.40. The van der Waals surface area contributed by atoms with E-state index in [-0.39, 0.29) is 0 Å². The minimum atomic E-state index is 0.736. The molecule has 0 saturated heterocycles. The molecule has 5 heteroatoms. The Kier molecular flexibility index (Phi) is 5.73. The van der Waals surface area contributed by atoms with E-state index in [9.17, 15) is 0 Å². The number of rotatable bonds is 6. The summed E-state index contributed by atoms with van der Waals surface area (Å²) in [5.41, 5.74) is 3.15. The summed E-state index contributed by atoms with van der Waals surface area (Å²) in [5, 5.41) is 4.37. The van der Waals surface area contributed by atoms with Crippen LogP contribution < -0.4 is 14.2 Å². The summed E-state index contributed by atoms with van der Waals surface area (Å²) in [4.78, 5) is 0. The van der Waals surface area contributed by atoms with Crippen LogP contribution in [0.4, 0.5) is 0 Å². The number of aryl methyl sites for hydroxylation is 2. The zero-order valence-electron chi connectivity index (χ0n) is 17.2. The molecule has 0 aliphatic heterocycles. The Balaban J connectivity index is 1.65. The van der Waals surface area contributed by atoms with Gasteiger partial charge in [0.2, 0.25) is 5.88 Å². The van der Waals surface area contributed by atoms with Gasteiger partial charge in [-0.25, -0.2) is 4.68 Å². The van der Waals surface area contributed by atoms with Crippen LogP contribution in [-0.4, -0.2) is 9.78 Å². The smallest absolute Gasteiger partial charge is 0.220 e. The average Bonchev–Trinajstić information content (AvgIpc) is 2.91. The lowest BCUT2D eigenvalue weighted by Gasteiger charge is -2.10. The topological polar surface area (TPSA) is 45.5 Å². The van der Waals surface area contributed by atoms with Crippen molar-refractivity contribution in [2.45, 2.75) is 34.6 Å². The van der Waals surface area contributed by atoms with Gasteiger partial charge in [-0.1, -0.05) is 0 Å². The van der Waals surface area contributed by atoms with Crippen LogP contribution in [0.5, 0.6) is 28.9 Å². The molecular weight excluding hydrogens is 352 g/mol. The van der Waals surface area contributed by atoms with Gasteiger partial charge in [0.15, 0.2) is 0 Å². The quantitative estimate of drug-likeness (QED) is 0.471. The third-order valence-corrected chi connectivity index (χ3v) is 4.53. The molecule has 1 heterocycles. The average molecular weight is 378 g/mol. The van der Waals surface area contributed by atoms with E-state index in [4.69, 9.17) is 14.2 Å². The van der Waals surface area contributed by atoms with E-state index >= 15 is 0 Å². The lowest BCUT2D eigenvalue weighted by atomic mass is 10.3. The number of ether oxygens (including phenoxy) is 3. The van der Waals surface area contributed by atoms with Crippen molar-refractivity contribution in [3.8, 4) is 28.9 Å². The Morgan fingerprint density at radius 3 is 1.64 bits per heavy atom. The maximum Gasteiger partial charge on any atom is 0.220 e. The molecule has 0 bridgehead atoms. The number of allylic oxidation sites excluding steroid dienone is 2. The Labute approximate surface area is 166 Å². The number of hydrogen-bond donors (Lipinski definition) is 0. The highest BCUT2D eigenvalue weighted by Crippen LogP contribution is 2.30. The molecule has 0 radical (unpaired) electrons. The van der Waals surface area contributed by atoms with Gasteiger partial charge < -0.3 is 14.2 Å². The fourth-order valence-electron chi connectivity index (χ4n) is 2.56. The first-order chi connectivity index (χ1) is 13.3. The molecule has 0 saturated carbocycles. The fourth-order valence-corrected chi connectivity index (χ4v) is 2.56. The van der Waals surface area contributed by atoms with E-state index in [1.807, 2.05) is 90.2 Å². The predicted octanol–water partition coefficient (Wildman–Crippen LogP) is 6.31. The fraction of sp³-hybridized carbons (Fsp3) is 0.261. The maximum absolute atomic E-state index is 5.96. The Bertz CT molecular complexity index is 980. The first kappa shape index (κ1) is 19.5. The van der Waals surface area contributed by atoms with Gasteiger partial charge in [0.05, 0.1) is 11.5 Å². The van der Waals surface area contributed by atoms with Crippen LogP contribution in [0.1, 0.15) is 32.0 Å². The number of benzene rings is 2. The molecule has 0 aliphatic rings. The van der Waals surface area contributed by atoms with Gasteiger partial charge in [-0.05, 0) is 88.7 Å². The molecule has 2 aromatic carbocycles. The molecule has 1 aromatic heterocycles. The standard InChI is InChI=1S/C23H26N2O3/c1-15(2)18(5)26-19-7-9-20(10-8-19)27-21-11-13-22(14-12-21)28-23-16(3)17(4)24-25(23)6/h7-14H,1-6H3. The van der Waals surface area contributed by atoms with Gasteiger partial charge in [0.25, 0.3) is 0 Å². The van der Waals surface area contributed by atoms with Gasteiger partial charge in [0.1, 0.15) is 23.0 Å². The summed E-state index contributed by atoms with van der Waals surface area (Å²) in [7, 11) is 1.87. The SMILES string of the molecule is CC(C)=C(C)Oc1ccc(Oc2ccc(Oc3c(C)c(C)nn3C)cc2)cc1. The molecule has 3 aromatic rings. The van der Waals surface area contributed by atoms with E-state index < -0.39 is 0 Å². The summed E-state index contributed by atoms with van der Waals surface area (Å²) < 4.78 is 19.4. The Hall–Kier alpha value is -3.21. The van der Waals surface area contributed by atoms with E-state index in [2.05, 4.69) is 5.10 Å². The molecule has 146 valence electrons. The molecule has 0 N–H and O–H groups in total. The monoisotopic (exact) mass is 378 g/mol. The van der Waals surface area contributed by atoms with Crippen LogP contribution in [0, 0.1) is 13.8 Å². The van der Waals surface area contributed by atoms with E-state index in [0.29, 0.717) is 0 Å². The van der Waals surface area contributed by atoms with Crippen molar-refractivity contribution >= 4 is 0 Å². The van der Waals surface area contributed by atoms with Gasteiger partial charge in [-0.3, -0.25) is 0 Å².